The quantitative estimate of drug-likeness (QED) is 0.345. The molecule has 1 aromatic heterocycles. The highest BCUT2D eigenvalue weighted by Crippen LogP contribution is 2.38. The smallest absolute Gasteiger partial charge is 0.321 e. The number of aryl methyl sites for hydroxylation is 1. The molecule has 3 atom stereocenters. The van der Waals surface area contributed by atoms with Gasteiger partial charge in [-0.05, 0) is 73.9 Å². The third-order valence-corrected chi connectivity index (χ3v) is 9.70. The molecule has 5 rings (SSSR count). The molecule has 208 valence electrons. The molecular formula is C32H40FN3O2S. The molecule has 7 heteroatoms. The molecule has 0 spiro atoms. The minimum atomic E-state index is -0.710. The van der Waals surface area contributed by atoms with Crippen LogP contribution in [0.1, 0.15) is 65.1 Å². The topological polar surface area (TPSA) is 56.7 Å². The lowest BCUT2D eigenvalue weighted by atomic mass is 9.87. The lowest BCUT2D eigenvalue weighted by molar-refractivity contribution is -0.144. The number of benzene rings is 2. The summed E-state index contributed by atoms with van der Waals surface area (Å²) in [4.78, 5) is 23.0. The summed E-state index contributed by atoms with van der Waals surface area (Å²) in [7, 11) is 0. The summed E-state index contributed by atoms with van der Waals surface area (Å²) < 4.78 is 13.2. The van der Waals surface area contributed by atoms with Crippen molar-refractivity contribution >= 4 is 17.3 Å². The Morgan fingerprint density at radius 2 is 1.87 bits per heavy atom. The van der Waals surface area contributed by atoms with Crippen LogP contribution in [0.5, 0.6) is 0 Å². The van der Waals surface area contributed by atoms with Crippen molar-refractivity contribution in [3.8, 4) is 0 Å². The van der Waals surface area contributed by atoms with E-state index in [1.165, 1.54) is 28.1 Å². The van der Waals surface area contributed by atoms with Crippen LogP contribution in [0.25, 0.3) is 0 Å². The molecular weight excluding hydrogens is 509 g/mol. The molecule has 5 nitrogen and oxygen atoms in total. The highest BCUT2D eigenvalue weighted by molar-refractivity contribution is 7.11. The summed E-state index contributed by atoms with van der Waals surface area (Å²) in [5.74, 6) is 0.446. The molecule has 3 heterocycles. The second kappa shape index (κ2) is 12.3. The SMILES string of the molecule is Cc1cccc(C2CN(C(C(=O)O)C(C)C)CC2CN2CCC(c3cnc(Cc4ccc(F)cc4)s3)CC2)c1. The Balaban J connectivity index is 1.22. The monoisotopic (exact) mass is 549 g/mol. The van der Waals surface area contributed by atoms with Gasteiger partial charge in [-0.3, -0.25) is 9.69 Å². The van der Waals surface area contributed by atoms with E-state index in [0.29, 0.717) is 17.8 Å². The Bertz CT molecular complexity index is 1250. The van der Waals surface area contributed by atoms with Crippen LogP contribution in [0.4, 0.5) is 4.39 Å². The minimum absolute atomic E-state index is 0.0718. The maximum Gasteiger partial charge on any atom is 0.321 e. The molecule has 2 fully saturated rings. The molecule has 2 aliphatic heterocycles. The maximum absolute atomic E-state index is 13.2. The van der Waals surface area contributed by atoms with Crippen LogP contribution >= 0.6 is 11.3 Å². The maximum atomic E-state index is 13.2. The van der Waals surface area contributed by atoms with Gasteiger partial charge in [-0.1, -0.05) is 55.8 Å². The highest BCUT2D eigenvalue weighted by Gasteiger charge is 2.41. The molecule has 1 N–H and O–H groups in total. The zero-order valence-electron chi connectivity index (χ0n) is 23.2. The van der Waals surface area contributed by atoms with Crippen molar-refractivity contribution in [1.82, 2.24) is 14.8 Å². The predicted octanol–water partition coefficient (Wildman–Crippen LogP) is 6.19. The number of nitrogens with zero attached hydrogens (tertiary/aromatic N) is 3. The molecule has 0 radical (unpaired) electrons. The molecule has 0 saturated carbocycles. The van der Waals surface area contributed by atoms with Crippen molar-refractivity contribution < 1.29 is 14.3 Å². The summed E-state index contributed by atoms with van der Waals surface area (Å²) in [5, 5.41) is 11.1. The Morgan fingerprint density at radius 1 is 1.13 bits per heavy atom. The van der Waals surface area contributed by atoms with Gasteiger partial charge in [-0.25, -0.2) is 9.37 Å². The standard InChI is InChI=1S/C32H40FN3O2S/c1-21(2)31(32(37)38)36-19-26(28(20-36)25-6-4-5-22(3)15-25)18-35-13-11-24(12-14-35)29-17-34-30(39-29)16-23-7-9-27(33)10-8-23/h4-10,15,17,21,24,26,28,31H,11-14,16,18-20H2,1-3H3,(H,37,38). The largest absolute Gasteiger partial charge is 0.480 e. The van der Waals surface area contributed by atoms with E-state index in [-0.39, 0.29) is 11.7 Å². The third-order valence-electron chi connectivity index (χ3n) is 8.54. The fourth-order valence-corrected chi connectivity index (χ4v) is 7.69. The average molecular weight is 550 g/mol. The second-order valence-electron chi connectivity index (χ2n) is 11.8. The molecule has 2 aromatic carbocycles. The predicted molar refractivity (Wildman–Crippen MR) is 155 cm³/mol. The van der Waals surface area contributed by atoms with Gasteiger partial charge >= 0.3 is 5.97 Å². The lowest BCUT2D eigenvalue weighted by Gasteiger charge is -2.34. The molecule has 0 bridgehead atoms. The number of likely N-dealkylation sites (tertiary alicyclic amines) is 2. The molecule has 0 amide bonds. The molecule has 0 aliphatic carbocycles. The van der Waals surface area contributed by atoms with Crippen molar-refractivity contribution in [3.05, 3.63) is 87.1 Å². The summed E-state index contributed by atoms with van der Waals surface area (Å²) in [6.07, 6.45) is 5.03. The zero-order chi connectivity index (χ0) is 27.5. The zero-order valence-corrected chi connectivity index (χ0v) is 24.0. The van der Waals surface area contributed by atoms with Gasteiger partial charge in [0.1, 0.15) is 11.9 Å². The van der Waals surface area contributed by atoms with Crippen molar-refractivity contribution in [3.63, 3.8) is 0 Å². The Morgan fingerprint density at radius 3 is 2.54 bits per heavy atom. The van der Waals surface area contributed by atoms with E-state index in [1.54, 1.807) is 11.3 Å². The number of carboxylic acids is 1. The van der Waals surface area contributed by atoms with E-state index in [9.17, 15) is 14.3 Å². The third kappa shape index (κ3) is 6.76. The van der Waals surface area contributed by atoms with Gasteiger partial charge in [0.05, 0.1) is 5.01 Å². The Labute approximate surface area is 235 Å². The number of piperidine rings is 1. The van der Waals surface area contributed by atoms with E-state index in [4.69, 9.17) is 0 Å². The van der Waals surface area contributed by atoms with Gasteiger partial charge in [0, 0.05) is 43.0 Å². The number of halogens is 1. The van der Waals surface area contributed by atoms with Gasteiger partial charge in [0.15, 0.2) is 0 Å². The van der Waals surface area contributed by atoms with E-state index in [1.807, 2.05) is 32.2 Å². The number of hydrogen-bond acceptors (Lipinski definition) is 5. The van der Waals surface area contributed by atoms with Gasteiger partial charge in [-0.15, -0.1) is 11.3 Å². The summed E-state index contributed by atoms with van der Waals surface area (Å²) in [6.45, 7) is 10.9. The molecule has 2 aliphatic rings. The van der Waals surface area contributed by atoms with Crippen LogP contribution in [0.2, 0.25) is 0 Å². The fraction of sp³-hybridized carbons (Fsp3) is 0.500. The number of aliphatic carboxylic acids is 1. The highest BCUT2D eigenvalue weighted by atomic mass is 32.1. The van der Waals surface area contributed by atoms with Crippen LogP contribution in [-0.4, -0.2) is 64.6 Å². The summed E-state index contributed by atoms with van der Waals surface area (Å²) in [6, 6.07) is 15.0. The van der Waals surface area contributed by atoms with Crippen LogP contribution < -0.4 is 0 Å². The molecule has 3 unspecified atom stereocenters. The van der Waals surface area contributed by atoms with Crippen LogP contribution in [0, 0.1) is 24.6 Å². The van der Waals surface area contributed by atoms with E-state index < -0.39 is 12.0 Å². The Hall–Kier alpha value is -2.61. The summed E-state index contributed by atoms with van der Waals surface area (Å²) >= 11 is 1.79. The van der Waals surface area contributed by atoms with E-state index >= 15 is 0 Å². The number of carbonyl (C=O) groups is 1. The minimum Gasteiger partial charge on any atom is -0.480 e. The normalized spacial score (nSPS) is 22.0. The van der Waals surface area contributed by atoms with Crippen LogP contribution in [-0.2, 0) is 11.2 Å². The van der Waals surface area contributed by atoms with Gasteiger partial charge < -0.3 is 10.0 Å². The number of rotatable bonds is 9. The Kier molecular flexibility index (Phi) is 8.79. The van der Waals surface area contributed by atoms with E-state index in [2.05, 4.69) is 46.0 Å². The number of aromatic nitrogens is 1. The van der Waals surface area contributed by atoms with Crippen molar-refractivity contribution in [2.45, 2.75) is 57.9 Å². The first-order valence-corrected chi connectivity index (χ1v) is 15.0. The van der Waals surface area contributed by atoms with E-state index in [0.717, 1.165) is 62.6 Å². The van der Waals surface area contributed by atoms with Gasteiger partial charge in [-0.2, -0.15) is 0 Å². The molecule has 3 aromatic rings. The van der Waals surface area contributed by atoms with Crippen LogP contribution in [0.3, 0.4) is 0 Å². The first kappa shape index (κ1) is 27.9. The molecule has 2 saturated heterocycles. The van der Waals surface area contributed by atoms with Crippen molar-refractivity contribution in [1.29, 1.82) is 0 Å². The van der Waals surface area contributed by atoms with Crippen molar-refractivity contribution in [2.75, 3.05) is 32.7 Å². The number of thiazole rings is 1. The van der Waals surface area contributed by atoms with Gasteiger partial charge in [0.25, 0.3) is 0 Å². The van der Waals surface area contributed by atoms with Crippen molar-refractivity contribution in [2.24, 2.45) is 11.8 Å². The number of carboxylic acid groups (broad SMARTS) is 1. The molecule has 39 heavy (non-hydrogen) atoms. The first-order chi connectivity index (χ1) is 18.8. The first-order valence-electron chi connectivity index (χ1n) is 14.2. The number of hydrogen-bond donors (Lipinski definition) is 1. The van der Waals surface area contributed by atoms with Crippen LogP contribution in [0.15, 0.2) is 54.7 Å². The second-order valence-corrected chi connectivity index (χ2v) is 12.9. The lowest BCUT2D eigenvalue weighted by Crippen LogP contribution is -2.44. The average Bonchev–Trinajstić information content (AvgIpc) is 3.53. The fourth-order valence-electron chi connectivity index (χ4n) is 6.56. The summed E-state index contributed by atoms with van der Waals surface area (Å²) in [5.41, 5.74) is 3.68. The van der Waals surface area contributed by atoms with Gasteiger partial charge in [0.2, 0.25) is 0 Å².